The first kappa shape index (κ1) is 20.1. The highest BCUT2D eigenvalue weighted by atomic mass is 32.2. The molecule has 148 valence electrons. The third-order valence-corrected chi connectivity index (χ3v) is 5.27. The van der Waals surface area contributed by atoms with Gasteiger partial charge in [-0.2, -0.15) is 0 Å². The third kappa shape index (κ3) is 4.24. The van der Waals surface area contributed by atoms with E-state index in [2.05, 4.69) is 5.32 Å². The van der Waals surface area contributed by atoms with Crippen molar-refractivity contribution in [1.29, 1.82) is 0 Å². The molecule has 0 saturated carbocycles. The third-order valence-electron chi connectivity index (χ3n) is 4.34. The van der Waals surface area contributed by atoms with Gasteiger partial charge < -0.3 is 14.8 Å². The summed E-state index contributed by atoms with van der Waals surface area (Å²) < 4.78 is 34.1. The standard InChI is InChI=1S/C20H22N2O5S/c1-3-13-5-10-18-16(11-13)19(23)17(20(27-18)26-4-2)12-22-14-6-8-15(9-7-14)28(21,24)25/h5-12,20,22H,3-4H2,1-2H3,(H2,21,24,25)/b17-12+. The number of carbonyl (C=O) groups excluding carboxylic acids is 1. The van der Waals surface area contributed by atoms with Crippen molar-refractivity contribution in [2.75, 3.05) is 11.9 Å². The number of Topliss-reactive ketones (excluding diaryl/α,β-unsaturated/α-hetero) is 1. The van der Waals surface area contributed by atoms with Gasteiger partial charge in [0, 0.05) is 18.5 Å². The zero-order chi connectivity index (χ0) is 20.3. The predicted molar refractivity (Wildman–Crippen MR) is 106 cm³/mol. The van der Waals surface area contributed by atoms with Crippen molar-refractivity contribution in [1.82, 2.24) is 0 Å². The average molecular weight is 402 g/mol. The summed E-state index contributed by atoms with van der Waals surface area (Å²) in [7, 11) is -3.76. The molecular formula is C20H22N2O5S. The van der Waals surface area contributed by atoms with Gasteiger partial charge in [0.25, 0.3) is 0 Å². The monoisotopic (exact) mass is 402 g/mol. The van der Waals surface area contributed by atoms with Gasteiger partial charge in [0.1, 0.15) is 5.75 Å². The lowest BCUT2D eigenvalue weighted by Gasteiger charge is -2.27. The Morgan fingerprint density at radius 3 is 2.50 bits per heavy atom. The quantitative estimate of drug-likeness (QED) is 0.720. The Morgan fingerprint density at radius 2 is 1.89 bits per heavy atom. The molecule has 0 amide bonds. The van der Waals surface area contributed by atoms with Crippen LogP contribution in [0, 0.1) is 0 Å². The Morgan fingerprint density at radius 1 is 1.18 bits per heavy atom. The predicted octanol–water partition coefficient (Wildman–Crippen LogP) is 2.83. The van der Waals surface area contributed by atoms with Gasteiger partial charge >= 0.3 is 0 Å². The molecule has 0 aliphatic carbocycles. The minimum absolute atomic E-state index is 0.0102. The van der Waals surface area contributed by atoms with E-state index in [0.29, 0.717) is 29.2 Å². The van der Waals surface area contributed by atoms with Gasteiger partial charge in [-0.25, -0.2) is 13.6 Å². The Kier molecular flexibility index (Phi) is 5.83. The average Bonchev–Trinajstić information content (AvgIpc) is 2.67. The number of aryl methyl sites for hydroxylation is 1. The summed E-state index contributed by atoms with van der Waals surface area (Å²) in [6.07, 6.45) is 1.51. The van der Waals surface area contributed by atoms with E-state index in [1.54, 1.807) is 18.2 Å². The van der Waals surface area contributed by atoms with Crippen LogP contribution in [0.3, 0.4) is 0 Å². The normalized spacial score (nSPS) is 17.9. The fourth-order valence-electron chi connectivity index (χ4n) is 2.83. The molecule has 1 aliphatic heterocycles. The molecule has 28 heavy (non-hydrogen) atoms. The number of nitrogens with two attached hydrogens (primary N) is 1. The van der Waals surface area contributed by atoms with E-state index in [1.165, 1.54) is 18.3 Å². The second-order valence-corrected chi connectivity index (χ2v) is 7.79. The van der Waals surface area contributed by atoms with Crippen LogP contribution in [-0.4, -0.2) is 27.1 Å². The van der Waals surface area contributed by atoms with Crippen LogP contribution in [0.5, 0.6) is 5.75 Å². The van der Waals surface area contributed by atoms with Crippen LogP contribution in [0.25, 0.3) is 0 Å². The number of rotatable bonds is 6. The molecule has 0 radical (unpaired) electrons. The van der Waals surface area contributed by atoms with E-state index in [0.717, 1.165) is 12.0 Å². The number of hydrogen-bond donors (Lipinski definition) is 2. The highest BCUT2D eigenvalue weighted by Gasteiger charge is 2.32. The van der Waals surface area contributed by atoms with Gasteiger partial charge in [0.2, 0.25) is 16.3 Å². The first-order valence-corrected chi connectivity index (χ1v) is 10.4. The molecular weight excluding hydrogens is 380 g/mol. The van der Waals surface area contributed by atoms with Crippen molar-refractivity contribution in [3.8, 4) is 5.75 Å². The number of nitrogens with one attached hydrogen (secondary N) is 1. The van der Waals surface area contributed by atoms with Gasteiger partial charge in [-0.05, 0) is 55.3 Å². The SMILES string of the molecule is CCOC1Oc2ccc(CC)cc2C(=O)/C1=C\Nc1ccc(S(N)(=O)=O)cc1. The van der Waals surface area contributed by atoms with Gasteiger partial charge in [-0.1, -0.05) is 13.0 Å². The van der Waals surface area contributed by atoms with Crippen LogP contribution < -0.4 is 15.2 Å². The van der Waals surface area contributed by atoms with Crippen LogP contribution in [0.15, 0.2) is 59.1 Å². The number of primary sulfonamides is 1. The number of fused-ring (bicyclic) bond motifs is 1. The highest BCUT2D eigenvalue weighted by Crippen LogP contribution is 2.32. The molecule has 2 aromatic carbocycles. The van der Waals surface area contributed by atoms with Crippen LogP contribution in [-0.2, 0) is 21.2 Å². The molecule has 3 rings (SSSR count). The number of ketones is 1. The molecule has 3 N–H and O–H groups in total. The van der Waals surface area contributed by atoms with E-state index in [1.807, 2.05) is 26.0 Å². The first-order valence-electron chi connectivity index (χ1n) is 8.88. The molecule has 1 unspecified atom stereocenters. The van der Waals surface area contributed by atoms with Crippen molar-refractivity contribution >= 4 is 21.5 Å². The fourth-order valence-corrected chi connectivity index (χ4v) is 3.34. The molecule has 7 nitrogen and oxygen atoms in total. The summed E-state index contributed by atoms with van der Waals surface area (Å²) in [6, 6.07) is 11.4. The fraction of sp³-hybridized carbons (Fsp3) is 0.250. The van der Waals surface area contributed by atoms with Crippen LogP contribution in [0.4, 0.5) is 5.69 Å². The number of anilines is 1. The Hall–Kier alpha value is -2.68. The van der Waals surface area contributed by atoms with Gasteiger partial charge in [0.05, 0.1) is 16.0 Å². The maximum Gasteiger partial charge on any atom is 0.238 e. The molecule has 0 spiro atoms. The van der Waals surface area contributed by atoms with Crippen molar-refractivity contribution in [3.05, 3.63) is 65.4 Å². The second-order valence-electron chi connectivity index (χ2n) is 6.23. The summed E-state index contributed by atoms with van der Waals surface area (Å²) in [4.78, 5) is 13.0. The van der Waals surface area contributed by atoms with Crippen LogP contribution in [0.2, 0.25) is 0 Å². The number of carbonyl (C=O) groups is 1. The van der Waals surface area contributed by atoms with E-state index in [9.17, 15) is 13.2 Å². The highest BCUT2D eigenvalue weighted by molar-refractivity contribution is 7.89. The van der Waals surface area contributed by atoms with Gasteiger partial charge in [-0.3, -0.25) is 4.79 Å². The Labute approximate surface area is 164 Å². The minimum Gasteiger partial charge on any atom is -0.460 e. The second kappa shape index (κ2) is 8.14. The molecule has 0 aromatic heterocycles. The van der Waals surface area contributed by atoms with Crippen molar-refractivity contribution in [2.24, 2.45) is 5.14 Å². The molecule has 1 atom stereocenters. The molecule has 0 saturated heterocycles. The zero-order valence-electron chi connectivity index (χ0n) is 15.6. The molecule has 1 aliphatic rings. The first-order chi connectivity index (χ1) is 13.3. The zero-order valence-corrected chi connectivity index (χ0v) is 16.5. The molecule has 2 aromatic rings. The van der Waals surface area contributed by atoms with Gasteiger partial charge in [0.15, 0.2) is 5.78 Å². The largest absolute Gasteiger partial charge is 0.460 e. The maximum atomic E-state index is 13.0. The van der Waals surface area contributed by atoms with Gasteiger partial charge in [-0.15, -0.1) is 0 Å². The summed E-state index contributed by atoms with van der Waals surface area (Å²) in [5.41, 5.74) is 2.46. The van der Waals surface area contributed by atoms with Crippen LogP contribution >= 0.6 is 0 Å². The maximum absolute atomic E-state index is 13.0. The number of benzene rings is 2. The Balaban J connectivity index is 1.90. The summed E-state index contributed by atoms with van der Waals surface area (Å²) in [5, 5.41) is 8.09. The van der Waals surface area contributed by atoms with Crippen molar-refractivity contribution in [3.63, 3.8) is 0 Å². The minimum atomic E-state index is -3.76. The summed E-state index contributed by atoms with van der Waals surface area (Å²) in [6.45, 7) is 4.21. The lowest BCUT2D eigenvalue weighted by atomic mass is 9.97. The molecule has 0 bridgehead atoms. The lowest BCUT2D eigenvalue weighted by Crippen LogP contribution is -2.33. The van der Waals surface area contributed by atoms with E-state index in [4.69, 9.17) is 14.6 Å². The smallest absolute Gasteiger partial charge is 0.238 e. The van der Waals surface area contributed by atoms with E-state index < -0.39 is 16.3 Å². The van der Waals surface area contributed by atoms with E-state index in [-0.39, 0.29) is 10.7 Å². The molecule has 0 fully saturated rings. The number of sulfonamides is 1. The Bertz CT molecular complexity index is 1010. The number of hydrogen-bond acceptors (Lipinski definition) is 6. The molecule has 8 heteroatoms. The topological polar surface area (TPSA) is 108 Å². The van der Waals surface area contributed by atoms with Crippen molar-refractivity contribution in [2.45, 2.75) is 31.5 Å². The molecule has 1 heterocycles. The summed E-state index contributed by atoms with van der Waals surface area (Å²) in [5.74, 6) is 0.318. The van der Waals surface area contributed by atoms with Crippen LogP contribution in [0.1, 0.15) is 29.8 Å². The summed E-state index contributed by atoms with van der Waals surface area (Å²) >= 11 is 0. The van der Waals surface area contributed by atoms with E-state index >= 15 is 0 Å². The number of ether oxygens (including phenoxy) is 2. The lowest BCUT2D eigenvalue weighted by molar-refractivity contribution is -0.0509. The van der Waals surface area contributed by atoms with Crippen molar-refractivity contribution < 1.29 is 22.7 Å².